The van der Waals surface area contributed by atoms with Gasteiger partial charge >= 0.3 is 51.4 Å². The van der Waals surface area contributed by atoms with E-state index in [1.807, 2.05) is 26.0 Å². The largest absolute Gasteiger partial charge is 1.00 e. The molecule has 0 bridgehead atoms. The van der Waals surface area contributed by atoms with Crippen molar-refractivity contribution in [1.29, 1.82) is 0 Å². The van der Waals surface area contributed by atoms with Crippen molar-refractivity contribution in [2.24, 2.45) is 5.41 Å². The van der Waals surface area contributed by atoms with Crippen LogP contribution < -0.4 is 51.4 Å². The second-order valence-corrected chi connectivity index (χ2v) is 4.32. The number of aliphatic hydroxyl groups is 1. The molecule has 0 saturated heterocycles. The molecule has 0 aromatic carbocycles. The molecule has 0 aromatic heterocycles. The van der Waals surface area contributed by atoms with Gasteiger partial charge in [-0.15, -0.1) is 0 Å². The van der Waals surface area contributed by atoms with Crippen LogP contribution in [0.1, 0.15) is 33.1 Å². The normalized spacial score (nSPS) is 26.6. The Labute approximate surface area is 146 Å². The molecule has 2 rings (SSSR count). The second-order valence-electron chi connectivity index (χ2n) is 4.32. The van der Waals surface area contributed by atoms with Gasteiger partial charge in [0.2, 0.25) is 0 Å². The zero-order chi connectivity index (χ0) is 12.3. The Morgan fingerprint density at radius 3 is 2.53 bits per heavy atom. The van der Waals surface area contributed by atoms with E-state index in [-0.39, 0.29) is 62.6 Å². The standard InChI is InChI=1S/C12H16O2.C2H.K/c1-3-4-9-7-8(2)12(5-6-12)11(14)10(9)13;1-2;/h4,7,11,14H,3,5-6H2,1-2H3;1H;/q;-1;+1/b9-4+;;/t11-;;/m1../s1. The number of hydrogen-bond donors (Lipinski definition) is 1. The number of carbonyl (C=O) groups excluding carboxylic acids is 1. The first kappa shape index (κ1) is 17.3. The Morgan fingerprint density at radius 1 is 1.59 bits per heavy atom. The molecule has 0 aliphatic heterocycles. The van der Waals surface area contributed by atoms with E-state index in [4.69, 9.17) is 6.42 Å². The fraction of sp³-hybridized carbons (Fsp3) is 0.500. The van der Waals surface area contributed by atoms with Crippen molar-refractivity contribution in [1.82, 2.24) is 0 Å². The van der Waals surface area contributed by atoms with E-state index < -0.39 is 6.10 Å². The molecule has 0 radical (unpaired) electrons. The SMILES string of the molecule is CC/C=C1\C=C(C)C2(CC2)[C@H](O)C1=O.[C-]#C.[K+]. The molecule has 2 nitrogen and oxygen atoms in total. The Bertz CT molecular complexity index is 373. The van der Waals surface area contributed by atoms with Crippen molar-refractivity contribution in [3.05, 3.63) is 29.7 Å². The van der Waals surface area contributed by atoms with Crippen molar-refractivity contribution >= 4 is 5.78 Å². The molecule has 0 unspecified atom stereocenters. The number of aliphatic hydroxyl groups excluding tert-OH is 1. The van der Waals surface area contributed by atoms with Gasteiger partial charge in [-0.05, 0) is 26.2 Å². The van der Waals surface area contributed by atoms with Crippen LogP contribution in [-0.4, -0.2) is 17.0 Å². The van der Waals surface area contributed by atoms with Gasteiger partial charge in [0.25, 0.3) is 0 Å². The Balaban J connectivity index is 0.000000811. The summed E-state index contributed by atoms with van der Waals surface area (Å²) in [7, 11) is 0. The average Bonchev–Trinajstić information content (AvgIpc) is 3.08. The van der Waals surface area contributed by atoms with E-state index in [0.29, 0.717) is 5.57 Å². The summed E-state index contributed by atoms with van der Waals surface area (Å²) in [5.74, 6) is -0.0880. The van der Waals surface area contributed by atoms with E-state index in [2.05, 4.69) is 6.42 Å². The maximum Gasteiger partial charge on any atom is 1.00 e. The molecule has 2 aliphatic carbocycles. The molecule has 17 heavy (non-hydrogen) atoms. The van der Waals surface area contributed by atoms with Crippen LogP contribution in [0, 0.1) is 18.3 Å². The minimum atomic E-state index is -0.787. The molecule has 2 aliphatic rings. The molecule has 1 spiro atoms. The molecule has 1 N–H and O–H groups in total. The van der Waals surface area contributed by atoms with E-state index in [0.717, 1.165) is 19.3 Å². The van der Waals surface area contributed by atoms with Gasteiger partial charge in [-0.2, -0.15) is 0 Å². The van der Waals surface area contributed by atoms with Crippen molar-refractivity contribution in [2.45, 2.75) is 39.2 Å². The first-order chi connectivity index (χ1) is 7.62. The number of carbonyl (C=O) groups is 1. The monoisotopic (exact) mass is 256 g/mol. The molecule has 86 valence electrons. The summed E-state index contributed by atoms with van der Waals surface area (Å²) in [6.07, 6.45) is 14.8. The molecule has 3 heteroatoms. The third-order valence-electron chi connectivity index (χ3n) is 3.43. The van der Waals surface area contributed by atoms with Gasteiger partial charge in [0, 0.05) is 11.0 Å². The summed E-state index contributed by atoms with van der Waals surface area (Å²) in [4.78, 5) is 11.8. The van der Waals surface area contributed by atoms with Crippen LogP contribution in [0.2, 0.25) is 0 Å². The molecule has 0 amide bonds. The molecule has 1 fully saturated rings. The predicted molar refractivity (Wildman–Crippen MR) is 63.0 cm³/mol. The topological polar surface area (TPSA) is 37.3 Å². The van der Waals surface area contributed by atoms with Crippen LogP contribution in [0.4, 0.5) is 0 Å². The third-order valence-corrected chi connectivity index (χ3v) is 3.43. The van der Waals surface area contributed by atoms with Gasteiger partial charge in [-0.25, -0.2) is 0 Å². The maximum absolute atomic E-state index is 11.8. The van der Waals surface area contributed by atoms with E-state index >= 15 is 0 Å². The van der Waals surface area contributed by atoms with Crippen molar-refractivity contribution < 1.29 is 61.3 Å². The van der Waals surface area contributed by atoms with Gasteiger partial charge in [-0.1, -0.05) is 24.6 Å². The molecule has 1 saturated carbocycles. The molecule has 1 atom stereocenters. The summed E-state index contributed by atoms with van der Waals surface area (Å²) in [5, 5.41) is 9.90. The zero-order valence-corrected chi connectivity index (χ0v) is 13.9. The number of hydrogen-bond acceptors (Lipinski definition) is 2. The van der Waals surface area contributed by atoms with Crippen molar-refractivity contribution in [2.75, 3.05) is 0 Å². The summed E-state index contributed by atoms with van der Waals surface area (Å²) in [6.45, 7) is 4.02. The van der Waals surface area contributed by atoms with Gasteiger partial charge in [0.15, 0.2) is 5.78 Å². The number of terminal acetylenes is 1. The number of allylic oxidation sites excluding steroid dienone is 2. The van der Waals surface area contributed by atoms with Crippen LogP contribution in [0.5, 0.6) is 0 Å². The smallest absolute Gasteiger partial charge is 0.697 e. The van der Waals surface area contributed by atoms with Gasteiger partial charge in [0.05, 0.1) is 0 Å². The second kappa shape index (κ2) is 7.03. The maximum atomic E-state index is 11.8. The van der Waals surface area contributed by atoms with E-state index in [1.54, 1.807) is 0 Å². The summed E-state index contributed by atoms with van der Waals surface area (Å²) in [5.41, 5.74) is 1.68. The molecular weight excluding hydrogens is 239 g/mol. The minimum Gasteiger partial charge on any atom is -0.697 e. The molecular formula is C14H17KO2. The van der Waals surface area contributed by atoms with E-state index in [9.17, 15) is 9.90 Å². The van der Waals surface area contributed by atoms with Crippen LogP contribution >= 0.6 is 0 Å². The van der Waals surface area contributed by atoms with Crippen LogP contribution in [0.3, 0.4) is 0 Å². The van der Waals surface area contributed by atoms with Crippen LogP contribution in [-0.2, 0) is 4.79 Å². The minimum absolute atomic E-state index is 0. The molecule has 0 aromatic rings. The van der Waals surface area contributed by atoms with Gasteiger partial charge in [-0.3, -0.25) is 4.79 Å². The predicted octanol–water partition coefficient (Wildman–Crippen LogP) is -0.797. The zero-order valence-electron chi connectivity index (χ0n) is 10.8. The number of rotatable bonds is 1. The van der Waals surface area contributed by atoms with E-state index in [1.165, 1.54) is 5.57 Å². The fourth-order valence-corrected chi connectivity index (χ4v) is 2.25. The molecule has 0 heterocycles. The van der Waals surface area contributed by atoms with Gasteiger partial charge in [0.1, 0.15) is 6.10 Å². The summed E-state index contributed by atoms with van der Waals surface area (Å²) < 4.78 is 0. The van der Waals surface area contributed by atoms with Crippen molar-refractivity contribution in [3.8, 4) is 6.42 Å². The average molecular weight is 256 g/mol. The first-order valence-corrected chi connectivity index (χ1v) is 5.52. The summed E-state index contributed by atoms with van der Waals surface area (Å²) in [6, 6.07) is 0. The summed E-state index contributed by atoms with van der Waals surface area (Å²) >= 11 is 0. The van der Waals surface area contributed by atoms with Crippen LogP contribution in [0.25, 0.3) is 0 Å². The van der Waals surface area contributed by atoms with Crippen LogP contribution in [0.15, 0.2) is 23.3 Å². The number of ketones is 1. The first-order valence-electron chi connectivity index (χ1n) is 5.52. The quantitative estimate of drug-likeness (QED) is 0.289. The fourth-order valence-electron chi connectivity index (χ4n) is 2.25. The Hall–Kier alpha value is 0.306. The third kappa shape index (κ3) is 3.20. The number of Topliss-reactive ketones (excluding diaryl/α,β-unsaturated/α-hetero) is 1. The van der Waals surface area contributed by atoms with Crippen molar-refractivity contribution in [3.63, 3.8) is 0 Å². The van der Waals surface area contributed by atoms with Gasteiger partial charge < -0.3 is 18.0 Å². The Morgan fingerprint density at radius 2 is 2.12 bits per heavy atom. The Kier molecular flexibility index (Phi) is 7.16.